The van der Waals surface area contributed by atoms with Gasteiger partial charge in [-0.05, 0) is 52.7 Å². The molecule has 0 aliphatic carbocycles. The van der Waals surface area contributed by atoms with Gasteiger partial charge in [-0.25, -0.2) is 0 Å². The molecule has 0 saturated heterocycles. The first-order valence-electron chi connectivity index (χ1n) is 6.74. The molecule has 0 fully saturated rings. The van der Waals surface area contributed by atoms with E-state index in [2.05, 4.69) is 42.0 Å². The molecule has 0 atom stereocenters. The maximum atomic E-state index is 5.76. The third-order valence-electron chi connectivity index (χ3n) is 2.86. The fraction of sp³-hybridized carbons (Fsp3) is 0.375. The monoisotopic (exact) mass is 337 g/mol. The Morgan fingerprint density at radius 1 is 1.20 bits per heavy atom. The zero-order valence-corrected chi connectivity index (χ0v) is 13.7. The van der Waals surface area contributed by atoms with Crippen molar-refractivity contribution in [3.63, 3.8) is 0 Å². The predicted octanol–water partition coefficient (Wildman–Crippen LogP) is 4.43. The predicted molar refractivity (Wildman–Crippen MR) is 83.9 cm³/mol. The van der Waals surface area contributed by atoms with Crippen molar-refractivity contribution in [1.29, 1.82) is 0 Å². The Balaban J connectivity index is 1.90. The molecule has 3 nitrogen and oxygen atoms in total. The van der Waals surface area contributed by atoms with Crippen molar-refractivity contribution in [2.75, 3.05) is 0 Å². The average molecular weight is 338 g/mol. The van der Waals surface area contributed by atoms with Gasteiger partial charge in [-0.3, -0.25) is 0 Å². The van der Waals surface area contributed by atoms with E-state index in [1.54, 1.807) is 0 Å². The molecule has 1 heterocycles. The smallest absolute Gasteiger partial charge is 0.146 e. The van der Waals surface area contributed by atoms with Gasteiger partial charge in [-0.1, -0.05) is 19.9 Å². The second kappa shape index (κ2) is 6.95. The first kappa shape index (κ1) is 15.1. The molecule has 1 aromatic heterocycles. The number of furan rings is 1. The molecule has 4 heteroatoms. The van der Waals surface area contributed by atoms with Gasteiger partial charge in [-0.15, -0.1) is 0 Å². The van der Waals surface area contributed by atoms with Gasteiger partial charge in [0.15, 0.2) is 0 Å². The SMILES string of the molecule is Cc1ccc(OCc2ccc(CNC(C)C)o2)c(Br)c1. The van der Waals surface area contributed by atoms with Gasteiger partial charge in [0.1, 0.15) is 23.9 Å². The summed E-state index contributed by atoms with van der Waals surface area (Å²) in [6, 6.07) is 10.4. The van der Waals surface area contributed by atoms with Crippen LogP contribution in [0.3, 0.4) is 0 Å². The van der Waals surface area contributed by atoms with Crippen LogP contribution in [0.2, 0.25) is 0 Å². The Kier molecular flexibility index (Phi) is 5.26. The number of nitrogens with one attached hydrogen (secondary N) is 1. The van der Waals surface area contributed by atoms with Crippen LogP contribution in [0, 0.1) is 6.92 Å². The number of hydrogen-bond acceptors (Lipinski definition) is 3. The molecular weight excluding hydrogens is 318 g/mol. The molecule has 2 rings (SSSR count). The highest BCUT2D eigenvalue weighted by Gasteiger charge is 2.06. The molecule has 0 unspecified atom stereocenters. The van der Waals surface area contributed by atoms with Crippen LogP contribution in [0.5, 0.6) is 5.75 Å². The summed E-state index contributed by atoms with van der Waals surface area (Å²) >= 11 is 3.50. The standard InChI is InChI=1S/C16H20BrNO2/c1-11(2)18-9-13-5-6-14(20-13)10-19-16-7-4-12(3)8-15(16)17/h4-8,11,18H,9-10H2,1-3H3. The Labute approximate surface area is 128 Å². The normalized spacial score (nSPS) is 11.1. The molecule has 0 aliphatic rings. The number of hydrogen-bond donors (Lipinski definition) is 1. The molecule has 0 aliphatic heterocycles. The first-order chi connectivity index (χ1) is 9.54. The lowest BCUT2D eigenvalue weighted by atomic mass is 10.2. The highest BCUT2D eigenvalue weighted by atomic mass is 79.9. The van der Waals surface area contributed by atoms with Gasteiger partial charge in [0.25, 0.3) is 0 Å². The Morgan fingerprint density at radius 3 is 2.65 bits per heavy atom. The van der Waals surface area contributed by atoms with E-state index in [9.17, 15) is 0 Å². The lowest BCUT2D eigenvalue weighted by Crippen LogP contribution is -2.21. The number of rotatable bonds is 6. The van der Waals surface area contributed by atoms with Crippen molar-refractivity contribution in [1.82, 2.24) is 5.32 Å². The van der Waals surface area contributed by atoms with E-state index >= 15 is 0 Å². The highest BCUT2D eigenvalue weighted by molar-refractivity contribution is 9.10. The Morgan fingerprint density at radius 2 is 1.95 bits per heavy atom. The highest BCUT2D eigenvalue weighted by Crippen LogP contribution is 2.26. The lowest BCUT2D eigenvalue weighted by molar-refractivity contribution is 0.263. The largest absolute Gasteiger partial charge is 0.484 e. The third-order valence-corrected chi connectivity index (χ3v) is 3.48. The summed E-state index contributed by atoms with van der Waals surface area (Å²) in [4.78, 5) is 0. The van der Waals surface area contributed by atoms with Crippen molar-refractivity contribution < 1.29 is 9.15 Å². The number of benzene rings is 1. The van der Waals surface area contributed by atoms with Crippen molar-refractivity contribution in [3.05, 3.63) is 51.9 Å². The van der Waals surface area contributed by atoms with Gasteiger partial charge < -0.3 is 14.5 Å². The van der Waals surface area contributed by atoms with Gasteiger partial charge in [0, 0.05) is 6.04 Å². The molecule has 0 radical (unpaired) electrons. The summed E-state index contributed by atoms with van der Waals surface area (Å²) in [5.74, 6) is 2.59. The molecule has 1 N–H and O–H groups in total. The summed E-state index contributed by atoms with van der Waals surface area (Å²) in [5, 5.41) is 3.32. The van der Waals surface area contributed by atoms with E-state index in [0.29, 0.717) is 12.6 Å². The van der Waals surface area contributed by atoms with E-state index in [1.807, 2.05) is 30.3 Å². The second-order valence-corrected chi connectivity index (χ2v) is 5.98. The van der Waals surface area contributed by atoms with Crippen LogP contribution in [0.25, 0.3) is 0 Å². The molecule has 0 bridgehead atoms. The van der Waals surface area contributed by atoms with Crippen LogP contribution in [-0.4, -0.2) is 6.04 Å². The van der Waals surface area contributed by atoms with Crippen molar-refractivity contribution in [2.24, 2.45) is 0 Å². The van der Waals surface area contributed by atoms with Crippen LogP contribution in [-0.2, 0) is 13.2 Å². The summed E-state index contributed by atoms with van der Waals surface area (Å²) in [7, 11) is 0. The van der Waals surface area contributed by atoms with Gasteiger partial charge in [0.2, 0.25) is 0 Å². The van der Waals surface area contributed by atoms with E-state index in [0.717, 1.165) is 28.3 Å². The van der Waals surface area contributed by atoms with Crippen LogP contribution >= 0.6 is 15.9 Å². The quantitative estimate of drug-likeness (QED) is 0.846. The minimum atomic E-state index is 0.434. The number of halogens is 1. The minimum Gasteiger partial charge on any atom is -0.484 e. The summed E-state index contributed by atoms with van der Waals surface area (Å²) < 4.78 is 12.4. The molecule has 0 saturated carbocycles. The van der Waals surface area contributed by atoms with Gasteiger partial charge in [-0.2, -0.15) is 0 Å². The first-order valence-corrected chi connectivity index (χ1v) is 7.54. The van der Waals surface area contributed by atoms with Crippen LogP contribution in [0.1, 0.15) is 30.9 Å². The van der Waals surface area contributed by atoms with Crippen molar-refractivity contribution in [2.45, 2.75) is 40.0 Å². The van der Waals surface area contributed by atoms with Crippen LogP contribution in [0.15, 0.2) is 39.2 Å². The minimum absolute atomic E-state index is 0.434. The van der Waals surface area contributed by atoms with Gasteiger partial charge >= 0.3 is 0 Å². The Bertz CT molecular complexity index is 563. The van der Waals surface area contributed by atoms with E-state index < -0.39 is 0 Å². The Hall–Kier alpha value is -1.26. The van der Waals surface area contributed by atoms with Crippen molar-refractivity contribution in [3.8, 4) is 5.75 Å². The van der Waals surface area contributed by atoms with Crippen molar-refractivity contribution >= 4 is 15.9 Å². The third kappa shape index (κ3) is 4.39. The number of ether oxygens (including phenoxy) is 1. The molecular formula is C16H20BrNO2. The lowest BCUT2D eigenvalue weighted by Gasteiger charge is -2.07. The average Bonchev–Trinajstić information content (AvgIpc) is 2.83. The maximum Gasteiger partial charge on any atom is 0.146 e. The fourth-order valence-corrected chi connectivity index (χ4v) is 2.38. The van der Waals surface area contributed by atoms with Gasteiger partial charge in [0.05, 0.1) is 11.0 Å². The number of aryl methyl sites for hydroxylation is 1. The molecule has 108 valence electrons. The van der Waals surface area contributed by atoms with Crippen LogP contribution in [0.4, 0.5) is 0 Å². The second-order valence-electron chi connectivity index (χ2n) is 5.13. The van der Waals surface area contributed by atoms with Crippen LogP contribution < -0.4 is 10.1 Å². The summed E-state index contributed by atoms with van der Waals surface area (Å²) in [5.41, 5.74) is 1.20. The zero-order valence-electron chi connectivity index (χ0n) is 12.1. The molecule has 2 aromatic rings. The topological polar surface area (TPSA) is 34.4 Å². The van der Waals surface area contributed by atoms with E-state index in [4.69, 9.17) is 9.15 Å². The summed E-state index contributed by atoms with van der Waals surface area (Å²) in [6.45, 7) is 7.45. The summed E-state index contributed by atoms with van der Waals surface area (Å²) in [6.07, 6.45) is 0. The molecule has 0 amide bonds. The maximum absolute atomic E-state index is 5.76. The molecule has 1 aromatic carbocycles. The molecule has 20 heavy (non-hydrogen) atoms. The zero-order chi connectivity index (χ0) is 14.5. The fourth-order valence-electron chi connectivity index (χ4n) is 1.77. The van der Waals surface area contributed by atoms with E-state index in [-0.39, 0.29) is 0 Å². The van der Waals surface area contributed by atoms with E-state index in [1.165, 1.54) is 5.56 Å². The molecule has 0 spiro atoms.